The number of hydrogen-bond donors (Lipinski definition) is 6. The van der Waals surface area contributed by atoms with Crippen molar-refractivity contribution in [1.29, 1.82) is 0 Å². The summed E-state index contributed by atoms with van der Waals surface area (Å²) in [6.45, 7) is 0.323. The van der Waals surface area contributed by atoms with Gasteiger partial charge in [-0.05, 0) is 12.8 Å². The summed E-state index contributed by atoms with van der Waals surface area (Å²) in [5, 5.41) is 18.6. The van der Waals surface area contributed by atoms with Gasteiger partial charge in [-0.2, -0.15) is 5.10 Å². The summed E-state index contributed by atoms with van der Waals surface area (Å²) in [6, 6.07) is -1.25. The SMILES string of the molecule is NC(N)=[NH+]CCC[C@@H](NC(=O)Cc1n[nH]c(=O)[nH]c1=O)C(=O)[O-]. The number of H-pyrrole nitrogens is 2. The molecule has 12 nitrogen and oxygen atoms in total. The molecule has 12 heteroatoms. The zero-order valence-corrected chi connectivity index (χ0v) is 12.0. The Bertz CT molecular complexity index is 703. The number of nitrogens with zero attached hydrogens (tertiary/aromatic N) is 1. The van der Waals surface area contributed by atoms with Gasteiger partial charge in [0, 0.05) is 0 Å². The molecule has 1 aromatic rings. The Balaban J connectivity index is 2.60. The lowest BCUT2D eigenvalue weighted by atomic mass is 10.1. The van der Waals surface area contributed by atoms with Crippen LogP contribution in [0.5, 0.6) is 0 Å². The molecule has 0 fully saturated rings. The van der Waals surface area contributed by atoms with E-state index in [1.165, 1.54) is 0 Å². The van der Waals surface area contributed by atoms with E-state index in [-0.39, 0.29) is 18.1 Å². The minimum absolute atomic E-state index is 0.00223. The Morgan fingerprint density at radius 2 is 2.04 bits per heavy atom. The van der Waals surface area contributed by atoms with E-state index in [0.717, 1.165) is 0 Å². The maximum Gasteiger partial charge on any atom is 0.342 e. The van der Waals surface area contributed by atoms with Crippen molar-refractivity contribution >= 4 is 17.8 Å². The second kappa shape index (κ2) is 8.31. The molecule has 23 heavy (non-hydrogen) atoms. The minimum atomic E-state index is -1.47. The molecule has 8 N–H and O–H groups in total. The molecule has 0 aromatic carbocycles. The first-order chi connectivity index (χ1) is 10.8. The third-order valence-corrected chi connectivity index (χ3v) is 2.73. The number of carbonyl (C=O) groups is 2. The molecule has 0 aliphatic carbocycles. The molecule has 0 saturated carbocycles. The van der Waals surface area contributed by atoms with Gasteiger partial charge >= 0.3 is 11.6 Å². The number of carboxylic acids is 1. The Labute approximate surface area is 129 Å². The van der Waals surface area contributed by atoms with Crippen LogP contribution in [-0.2, 0) is 16.0 Å². The summed E-state index contributed by atoms with van der Waals surface area (Å²) in [4.78, 5) is 49.5. The second-order valence-electron chi connectivity index (χ2n) is 4.59. The number of carboxylic acid groups (broad SMARTS) is 1. The van der Waals surface area contributed by atoms with Gasteiger partial charge in [0.25, 0.3) is 5.56 Å². The fraction of sp³-hybridized carbons (Fsp3) is 0.455. The van der Waals surface area contributed by atoms with Crippen LogP contribution in [0.1, 0.15) is 18.5 Å². The second-order valence-corrected chi connectivity index (χ2v) is 4.59. The standard InChI is InChI=1S/C11H17N7O5/c12-10(13)14-3-1-2-5(9(21)22)15-7(19)4-6-8(20)16-11(23)18-17-6/h5H,1-4H2,(H,15,19)(H,21,22)(H4,12,13,14)(H2,16,18,20,23)/t5-/m1/s1. The Kier molecular flexibility index (Phi) is 6.46. The lowest BCUT2D eigenvalue weighted by Gasteiger charge is -2.19. The summed E-state index contributed by atoms with van der Waals surface area (Å²) < 4.78 is 0. The molecule has 0 aliphatic rings. The Morgan fingerprint density at radius 3 is 2.61 bits per heavy atom. The van der Waals surface area contributed by atoms with Crippen LogP contribution in [0.25, 0.3) is 0 Å². The number of rotatable bonds is 8. The number of nitrogens with two attached hydrogens (primary N) is 2. The van der Waals surface area contributed by atoms with Crippen molar-refractivity contribution in [3.05, 3.63) is 26.5 Å². The van der Waals surface area contributed by atoms with E-state index in [9.17, 15) is 24.3 Å². The summed E-state index contributed by atoms with van der Waals surface area (Å²) >= 11 is 0. The molecular weight excluding hydrogens is 310 g/mol. The topological polar surface area (TPSA) is 214 Å². The lowest BCUT2D eigenvalue weighted by Crippen LogP contribution is -2.78. The van der Waals surface area contributed by atoms with Crippen LogP contribution in [0.15, 0.2) is 9.59 Å². The first kappa shape index (κ1) is 17.9. The summed E-state index contributed by atoms with van der Waals surface area (Å²) in [5.74, 6) is -2.21. The van der Waals surface area contributed by atoms with Crippen molar-refractivity contribution in [2.75, 3.05) is 6.54 Å². The van der Waals surface area contributed by atoms with Crippen LogP contribution in [0, 0.1) is 0 Å². The van der Waals surface area contributed by atoms with Crippen LogP contribution >= 0.6 is 0 Å². The molecule has 0 aliphatic heterocycles. The van der Waals surface area contributed by atoms with Crippen molar-refractivity contribution in [1.82, 2.24) is 20.5 Å². The highest BCUT2D eigenvalue weighted by Crippen LogP contribution is 1.96. The Hall–Kier alpha value is -3.18. The van der Waals surface area contributed by atoms with Crippen LogP contribution in [0.3, 0.4) is 0 Å². The smallest absolute Gasteiger partial charge is 0.342 e. The first-order valence-electron chi connectivity index (χ1n) is 6.59. The molecule has 0 spiro atoms. The molecule has 126 valence electrons. The number of aliphatic carboxylic acids is 1. The molecule has 1 rings (SSSR count). The van der Waals surface area contributed by atoms with E-state index < -0.39 is 35.6 Å². The summed E-state index contributed by atoms with van der Waals surface area (Å²) in [6.07, 6.45) is -0.0598. The molecular formula is C11H17N7O5. The number of guanidine groups is 1. The molecule has 1 atom stereocenters. The van der Waals surface area contributed by atoms with Gasteiger partial charge in [0.15, 0.2) is 0 Å². The summed E-state index contributed by atoms with van der Waals surface area (Å²) in [5.41, 5.74) is 8.48. The maximum atomic E-state index is 11.8. The third kappa shape index (κ3) is 6.41. The molecule has 1 aromatic heterocycles. The lowest BCUT2D eigenvalue weighted by molar-refractivity contribution is -0.459. The van der Waals surface area contributed by atoms with Gasteiger partial charge in [0.1, 0.15) is 5.69 Å². The van der Waals surface area contributed by atoms with Gasteiger partial charge in [0.05, 0.1) is 25.0 Å². The fourth-order valence-electron chi connectivity index (χ4n) is 1.68. The van der Waals surface area contributed by atoms with Crippen LogP contribution in [0.2, 0.25) is 0 Å². The first-order valence-corrected chi connectivity index (χ1v) is 6.59. The van der Waals surface area contributed by atoms with Gasteiger partial charge in [-0.25, -0.2) is 9.89 Å². The van der Waals surface area contributed by atoms with Crippen molar-refractivity contribution in [3.8, 4) is 0 Å². The van der Waals surface area contributed by atoms with Crippen molar-refractivity contribution < 1.29 is 19.7 Å². The summed E-state index contributed by atoms with van der Waals surface area (Å²) in [7, 11) is 0. The molecule has 0 unspecified atom stereocenters. The quantitative estimate of drug-likeness (QED) is 0.153. The average Bonchev–Trinajstić information content (AvgIpc) is 2.44. The number of amides is 1. The Morgan fingerprint density at radius 1 is 1.35 bits per heavy atom. The van der Waals surface area contributed by atoms with E-state index in [0.29, 0.717) is 13.0 Å². The monoisotopic (exact) mass is 327 g/mol. The predicted octanol–water partition coefficient (Wildman–Crippen LogP) is -6.63. The molecule has 0 bridgehead atoms. The maximum absolute atomic E-state index is 11.8. The van der Waals surface area contributed by atoms with E-state index >= 15 is 0 Å². The normalized spacial score (nSPS) is 11.5. The number of aromatic nitrogens is 3. The third-order valence-electron chi connectivity index (χ3n) is 2.73. The molecule has 1 amide bonds. The van der Waals surface area contributed by atoms with Gasteiger partial charge < -0.3 is 15.2 Å². The molecule has 1 heterocycles. The zero-order valence-electron chi connectivity index (χ0n) is 12.0. The van der Waals surface area contributed by atoms with Crippen molar-refractivity contribution in [2.45, 2.75) is 25.3 Å². The fourth-order valence-corrected chi connectivity index (χ4v) is 1.68. The highest BCUT2D eigenvalue weighted by molar-refractivity contribution is 5.83. The number of hydrogen-bond acceptors (Lipinski definition) is 6. The average molecular weight is 327 g/mol. The van der Waals surface area contributed by atoms with E-state index in [1.54, 1.807) is 0 Å². The van der Waals surface area contributed by atoms with Gasteiger partial charge in [0.2, 0.25) is 5.91 Å². The predicted molar refractivity (Wildman–Crippen MR) is 74.6 cm³/mol. The van der Waals surface area contributed by atoms with Gasteiger partial charge in [-0.3, -0.25) is 31.0 Å². The number of nitrogens with one attached hydrogen (secondary N) is 4. The van der Waals surface area contributed by atoms with Gasteiger partial charge in [-0.1, -0.05) is 0 Å². The van der Waals surface area contributed by atoms with Gasteiger partial charge in [-0.15, -0.1) is 0 Å². The van der Waals surface area contributed by atoms with Crippen molar-refractivity contribution in [3.63, 3.8) is 0 Å². The van der Waals surface area contributed by atoms with E-state index in [4.69, 9.17) is 11.5 Å². The van der Waals surface area contributed by atoms with E-state index in [1.807, 2.05) is 10.1 Å². The van der Waals surface area contributed by atoms with Crippen molar-refractivity contribution in [2.24, 2.45) is 11.5 Å². The highest BCUT2D eigenvalue weighted by atomic mass is 16.4. The largest absolute Gasteiger partial charge is 0.548 e. The molecule has 0 radical (unpaired) electrons. The minimum Gasteiger partial charge on any atom is -0.548 e. The number of carbonyl (C=O) groups excluding carboxylic acids is 2. The zero-order chi connectivity index (χ0) is 17.4. The molecule has 0 saturated heterocycles. The van der Waals surface area contributed by atoms with E-state index in [2.05, 4.69) is 15.4 Å². The van der Waals surface area contributed by atoms with Crippen LogP contribution in [-0.4, -0.2) is 45.6 Å². The number of aromatic amines is 2. The van der Waals surface area contributed by atoms with Crippen LogP contribution < -0.4 is 38.1 Å². The highest BCUT2D eigenvalue weighted by Gasteiger charge is 2.15. The van der Waals surface area contributed by atoms with Crippen LogP contribution in [0.4, 0.5) is 0 Å².